The maximum Gasteiger partial charge on any atom is 1.00 e. The van der Waals surface area contributed by atoms with Crippen LogP contribution in [-0.4, -0.2) is 37.4 Å². The Morgan fingerprint density at radius 2 is 2.23 bits per heavy atom. The third kappa shape index (κ3) is 3.02. The summed E-state index contributed by atoms with van der Waals surface area (Å²) in [6, 6.07) is 0.131. The summed E-state index contributed by atoms with van der Waals surface area (Å²) < 4.78 is 19.4. The summed E-state index contributed by atoms with van der Waals surface area (Å²) in [5, 5.41) is -0.688. The Morgan fingerprint density at radius 1 is 1.69 bits per heavy atom. The first-order valence-electron chi connectivity index (χ1n) is 3.94. The number of likely N-dealkylation sites (tertiary alicyclic amines) is 1. The molecule has 2 atom stereocenters. The Labute approximate surface area is 104 Å². The molecule has 1 rings (SSSR count). The molecule has 1 heterocycles. The molecule has 1 saturated heterocycles. The first kappa shape index (κ1) is 13.6. The number of nitrogens with zero attached hydrogens (tertiary/aromatic N) is 1. The summed E-state index contributed by atoms with van der Waals surface area (Å²) in [7, 11) is 0. The average molecular weight is 215 g/mol. The molecule has 1 aliphatic rings. The van der Waals surface area contributed by atoms with E-state index in [-0.39, 0.29) is 42.9 Å². The van der Waals surface area contributed by atoms with E-state index in [0.29, 0.717) is 13.0 Å². The number of carbonyl (C=O) groups excluding carboxylic acids is 1. The van der Waals surface area contributed by atoms with Crippen LogP contribution in [0.25, 0.3) is 0 Å². The van der Waals surface area contributed by atoms with Crippen molar-refractivity contribution in [3.8, 4) is 0 Å². The van der Waals surface area contributed by atoms with Crippen molar-refractivity contribution in [3.05, 3.63) is 0 Å². The van der Waals surface area contributed by atoms with Gasteiger partial charge in [0.2, 0.25) is 5.91 Å². The SMILES string of the molecule is CC(C)N1CCC(S(=O)O)C1=O.[H-].[Na+]. The number of hydrogen-bond donors (Lipinski definition) is 1. The number of rotatable bonds is 2. The van der Waals surface area contributed by atoms with Crippen LogP contribution in [-0.2, 0) is 15.9 Å². The summed E-state index contributed by atoms with van der Waals surface area (Å²) in [6.45, 7) is 4.41. The standard InChI is InChI=1S/C7H13NO3S.Na.H/c1-5(2)8-4-3-6(7(8)9)12(10)11;;/h5-6H,3-4H2,1-2H3,(H,10,11);;/q;+1;-1. The van der Waals surface area contributed by atoms with E-state index in [0.717, 1.165) is 0 Å². The Kier molecular flexibility index (Phi) is 5.70. The predicted molar refractivity (Wildman–Crippen MR) is 47.1 cm³/mol. The average Bonchev–Trinajstić information content (AvgIpc) is 2.30. The smallest absolute Gasteiger partial charge is 1.00 e. The predicted octanol–water partition coefficient (Wildman–Crippen LogP) is -2.67. The molecule has 0 bridgehead atoms. The number of amides is 1. The second-order valence-electron chi connectivity index (χ2n) is 3.18. The second kappa shape index (κ2) is 5.46. The molecule has 1 amide bonds. The molecular formula is C7H14NNaO3S. The fourth-order valence-electron chi connectivity index (χ4n) is 1.37. The van der Waals surface area contributed by atoms with Gasteiger partial charge in [-0.05, 0) is 20.3 Å². The van der Waals surface area contributed by atoms with Crippen LogP contribution >= 0.6 is 0 Å². The zero-order valence-corrected chi connectivity index (χ0v) is 11.0. The molecule has 72 valence electrons. The molecule has 6 heteroatoms. The van der Waals surface area contributed by atoms with Crippen molar-refractivity contribution in [2.24, 2.45) is 0 Å². The molecule has 0 radical (unpaired) electrons. The van der Waals surface area contributed by atoms with Crippen LogP contribution in [0.2, 0.25) is 0 Å². The van der Waals surface area contributed by atoms with E-state index in [2.05, 4.69) is 0 Å². The van der Waals surface area contributed by atoms with Crippen molar-refractivity contribution in [2.75, 3.05) is 6.54 Å². The normalized spacial score (nSPS) is 24.8. The van der Waals surface area contributed by atoms with Gasteiger partial charge in [-0.2, -0.15) is 0 Å². The van der Waals surface area contributed by atoms with E-state index in [1.54, 1.807) is 4.90 Å². The van der Waals surface area contributed by atoms with Gasteiger partial charge in [-0.1, -0.05) is 0 Å². The van der Waals surface area contributed by atoms with Crippen molar-refractivity contribution < 1.29 is 44.5 Å². The van der Waals surface area contributed by atoms with Gasteiger partial charge in [0.05, 0.1) is 0 Å². The Morgan fingerprint density at radius 3 is 2.46 bits per heavy atom. The molecule has 0 spiro atoms. The van der Waals surface area contributed by atoms with Crippen molar-refractivity contribution in [2.45, 2.75) is 31.6 Å². The van der Waals surface area contributed by atoms with Crippen LogP contribution in [0.4, 0.5) is 0 Å². The second-order valence-corrected chi connectivity index (χ2v) is 4.30. The molecule has 0 aromatic carbocycles. The first-order valence-corrected chi connectivity index (χ1v) is 5.11. The van der Waals surface area contributed by atoms with E-state index >= 15 is 0 Å². The molecule has 0 aliphatic carbocycles. The van der Waals surface area contributed by atoms with Crippen molar-refractivity contribution >= 4 is 17.0 Å². The van der Waals surface area contributed by atoms with Gasteiger partial charge in [0.15, 0.2) is 11.1 Å². The van der Waals surface area contributed by atoms with Crippen LogP contribution in [0.3, 0.4) is 0 Å². The summed E-state index contributed by atoms with van der Waals surface area (Å²) in [6.07, 6.45) is 0.500. The van der Waals surface area contributed by atoms with Crippen molar-refractivity contribution in [1.82, 2.24) is 4.90 Å². The van der Waals surface area contributed by atoms with Crippen LogP contribution < -0.4 is 29.6 Å². The van der Waals surface area contributed by atoms with Gasteiger partial charge in [0, 0.05) is 12.6 Å². The van der Waals surface area contributed by atoms with E-state index in [9.17, 15) is 9.00 Å². The van der Waals surface area contributed by atoms with Gasteiger partial charge in [0.1, 0.15) is 5.25 Å². The third-order valence-electron chi connectivity index (χ3n) is 2.06. The Bertz CT molecular complexity index is 227. The summed E-state index contributed by atoms with van der Waals surface area (Å²) in [4.78, 5) is 13.0. The maximum absolute atomic E-state index is 11.4. The van der Waals surface area contributed by atoms with Gasteiger partial charge < -0.3 is 10.9 Å². The molecule has 1 aliphatic heterocycles. The molecule has 0 saturated carbocycles. The van der Waals surface area contributed by atoms with Crippen molar-refractivity contribution in [1.29, 1.82) is 0 Å². The van der Waals surface area contributed by atoms with Crippen LogP contribution in [0.15, 0.2) is 0 Å². The van der Waals surface area contributed by atoms with E-state index in [1.807, 2.05) is 13.8 Å². The fourth-order valence-corrected chi connectivity index (χ4v) is 1.99. The molecule has 1 N–H and O–H groups in total. The van der Waals surface area contributed by atoms with Crippen LogP contribution in [0.5, 0.6) is 0 Å². The third-order valence-corrected chi connectivity index (χ3v) is 2.98. The summed E-state index contributed by atoms with van der Waals surface area (Å²) in [5.41, 5.74) is 0. The van der Waals surface area contributed by atoms with Crippen LogP contribution in [0.1, 0.15) is 21.7 Å². The van der Waals surface area contributed by atoms with E-state index in [1.165, 1.54) is 0 Å². The van der Waals surface area contributed by atoms with E-state index in [4.69, 9.17) is 4.55 Å². The topological polar surface area (TPSA) is 57.6 Å². The minimum Gasteiger partial charge on any atom is -1.00 e. The Hall–Kier alpha value is 0.580. The quantitative estimate of drug-likeness (QED) is 0.404. The molecule has 2 unspecified atom stereocenters. The van der Waals surface area contributed by atoms with Crippen molar-refractivity contribution in [3.63, 3.8) is 0 Å². The molecule has 0 aromatic rings. The minimum absolute atomic E-state index is 0. The summed E-state index contributed by atoms with van der Waals surface area (Å²) in [5.74, 6) is -0.189. The van der Waals surface area contributed by atoms with Gasteiger partial charge in [-0.25, -0.2) is 4.21 Å². The maximum atomic E-state index is 11.4. The zero-order chi connectivity index (χ0) is 9.30. The van der Waals surface area contributed by atoms with Gasteiger partial charge in [-0.15, -0.1) is 0 Å². The van der Waals surface area contributed by atoms with Gasteiger partial charge in [-0.3, -0.25) is 4.79 Å². The monoisotopic (exact) mass is 215 g/mol. The van der Waals surface area contributed by atoms with Crippen LogP contribution in [0, 0.1) is 0 Å². The molecular weight excluding hydrogens is 201 g/mol. The fraction of sp³-hybridized carbons (Fsp3) is 0.857. The van der Waals surface area contributed by atoms with E-state index < -0.39 is 16.3 Å². The Balaban J connectivity index is 0. The summed E-state index contributed by atoms with van der Waals surface area (Å²) >= 11 is -2.00. The van der Waals surface area contributed by atoms with Gasteiger partial charge in [0.25, 0.3) is 0 Å². The molecule has 1 fully saturated rings. The number of hydrogen-bond acceptors (Lipinski definition) is 2. The van der Waals surface area contributed by atoms with Gasteiger partial charge >= 0.3 is 29.6 Å². The molecule has 13 heavy (non-hydrogen) atoms. The minimum atomic E-state index is -2.00. The first-order chi connectivity index (χ1) is 5.54. The molecule has 4 nitrogen and oxygen atoms in total. The number of carbonyl (C=O) groups is 1. The molecule has 0 aromatic heterocycles. The zero-order valence-electron chi connectivity index (χ0n) is 9.19. The largest absolute Gasteiger partial charge is 1.00 e.